The van der Waals surface area contributed by atoms with Crippen LogP contribution < -0.4 is 45.9 Å². The molecule has 0 spiro atoms. The number of hydrogen-bond acceptors (Lipinski definition) is 16. The number of carbonyl (C=O) groups excluding carboxylic acids is 7. The molecule has 2 heterocycles. The minimum Gasteiger partial charge on any atom is -0.504 e. The van der Waals surface area contributed by atoms with Crippen LogP contribution in [0.1, 0.15) is 134 Å². The van der Waals surface area contributed by atoms with E-state index in [2.05, 4.69) is 95.6 Å². The first kappa shape index (κ1) is 71.4. The molecule has 4 atom stereocenters. The molecule has 0 saturated carbocycles. The van der Waals surface area contributed by atoms with Gasteiger partial charge < -0.3 is 73.9 Å². The summed E-state index contributed by atoms with van der Waals surface area (Å²) in [5.41, 5.74) is 6.60. The van der Waals surface area contributed by atoms with Crippen LogP contribution in [0.3, 0.4) is 0 Å². The normalized spacial score (nSPS) is 16.0. The van der Waals surface area contributed by atoms with E-state index < -0.39 is 64.7 Å². The Hall–Kier alpha value is -7.36. The number of nitrogens with zero attached hydrogens (tertiary/aromatic N) is 2. The molecule has 7 amide bonds. The van der Waals surface area contributed by atoms with Gasteiger partial charge in [-0.15, -0.1) is 0 Å². The summed E-state index contributed by atoms with van der Waals surface area (Å²) in [6.07, 6.45) is 3.26. The quantitative estimate of drug-likeness (QED) is 0.0163. The highest BCUT2D eigenvalue weighted by Crippen LogP contribution is 2.41. The molecular formula is C63H95N7O16Si2. The van der Waals surface area contributed by atoms with Gasteiger partial charge in [0, 0.05) is 37.0 Å². The number of hydrogen-bond donors (Lipinski definition) is 6. The lowest BCUT2D eigenvalue weighted by Crippen LogP contribution is -2.53. The first-order valence-electron chi connectivity index (χ1n) is 30.2. The van der Waals surface area contributed by atoms with Crippen LogP contribution in [0, 0.1) is 5.92 Å². The second kappa shape index (κ2) is 31.7. The van der Waals surface area contributed by atoms with Gasteiger partial charge in [-0.25, -0.2) is 14.4 Å². The number of anilines is 2. The standard InChI is InChI=1S/C63H95N7O16Si2/c1-16-30-82-61(78)68-54(40(2)3)56(73)65-41(4)55(72)66-43-26-24-42(25-27-43)37-83-60(77)67-48-35-51(49(71)33-46(48)57(74)69-28-20-22-44(69)38-84-87(12,13)62(5,6)7)80-31-18-17-19-32-81-53-36-50(86-59(64)76)47(34-52(53)79-11)58(75)70-29-21-23-45(70)39-85-88(14,15)63(8,9)10/h16,24-27,33-36,40-41,44-45,54,71H,1,17-23,28-32,37-39H2,2-15H3,(H2,64,76)(H,65,73)(H,66,72)(H,67,77)(H,68,78)/t41-,44-,45-,54-/m0/s1. The fraction of sp³-hybridized carbons (Fsp3) is 0.571. The molecule has 3 aromatic carbocycles. The number of aromatic hydroxyl groups is 1. The first-order chi connectivity index (χ1) is 41.3. The van der Waals surface area contributed by atoms with Crippen LogP contribution in [0.25, 0.3) is 0 Å². The van der Waals surface area contributed by atoms with Crippen LogP contribution >= 0.6 is 0 Å². The van der Waals surface area contributed by atoms with Gasteiger partial charge >= 0.3 is 18.3 Å². The van der Waals surface area contributed by atoms with E-state index in [4.69, 9.17) is 43.0 Å². The van der Waals surface area contributed by atoms with Crippen LogP contribution in [0.15, 0.2) is 61.2 Å². The number of nitrogens with two attached hydrogens (primary N) is 1. The van der Waals surface area contributed by atoms with Crippen LogP contribution in [0.4, 0.5) is 25.8 Å². The minimum absolute atomic E-state index is 0.00423. The molecule has 2 aliphatic rings. The Morgan fingerprint density at radius 2 is 1.25 bits per heavy atom. The summed E-state index contributed by atoms with van der Waals surface area (Å²) in [5.74, 6) is -2.04. The van der Waals surface area contributed by atoms with Gasteiger partial charge in [0.25, 0.3) is 11.8 Å². The zero-order valence-electron chi connectivity index (χ0n) is 53.9. The molecule has 0 aliphatic carbocycles. The maximum Gasteiger partial charge on any atom is 0.411 e. The third kappa shape index (κ3) is 20.1. The van der Waals surface area contributed by atoms with Gasteiger partial charge in [-0.2, -0.15) is 0 Å². The van der Waals surface area contributed by atoms with E-state index >= 15 is 0 Å². The smallest absolute Gasteiger partial charge is 0.411 e. The molecule has 0 radical (unpaired) electrons. The molecule has 2 fully saturated rings. The number of alkyl carbamates (subject to hydrolysis) is 1. The van der Waals surface area contributed by atoms with Gasteiger partial charge in [-0.05, 0) is 118 Å². The number of phenols is 1. The Kier molecular flexibility index (Phi) is 25.7. The van der Waals surface area contributed by atoms with Crippen molar-refractivity contribution in [3.63, 3.8) is 0 Å². The van der Waals surface area contributed by atoms with E-state index in [-0.39, 0.29) is 106 Å². The number of methoxy groups -OCH3 is 1. The predicted molar refractivity (Wildman–Crippen MR) is 340 cm³/mol. The topological polar surface area (TPSA) is 294 Å². The molecule has 7 N–H and O–H groups in total. The second-order valence-corrected chi connectivity index (χ2v) is 35.3. The second-order valence-electron chi connectivity index (χ2n) is 25.6. The summed E-state index contributed by atoms with van der Waals surface area (Å²) >= 11 is 0. The number of likely N-dealkylation sites (tertiary alicyclic amines) is 2. The Labute approximate surface area is 520 Å². The largest absolute Gasteiger partial charge is 0.504 e. The molecule has 0 unspecified atom stereocenters. The zero-order chi connectivity index (χ0) is 65.3. The third-order valence-electron chi connectivity index (χ3n) is 16.6. The molecule has 2 aliphatic heterocycles. The predicted octanol–water partition coefficient (Wildman–Crippen LogP) is 10.9. The molecule has 0 bridgehead atoms. The summed E-state index contributed by atoms with van der Waals surface area (Å²) in [7, 11) is -2.81. The Morgan fingerprint density at radius 3 is 1.77 bits per heavy atom. The molecule has 25 heteroatoms. The molecule has 88 heavy (non-hydrogen) atoms. The van der Waals surface area contributed by atoms with E-state index in [0.717, 1.165) is 19.3 Å². The number of phenolic OH excluding ortho intramolecular Hbond substituents is 1. The highest BCUT2D eigenvalue weighted by molar-refractivity contribution is 6.74. The number of amides is 7. The van der Waals surface area contributed by atoms with Gasteiger partial charge in [-0.3, -0.25) is 24.5 Å². The monoisotopic (exact) mass is 1260 g/mol. The van der Waals surface area contributed by atoms with Crippen LogP contribution in [0.2, 0.25) is 36.3 Å². The van der Waals surface area contributed by atoms with E-state index in [9.17, 15) is 38.7 Å². The number of primary amides is 1. The highest BCUT2D eigenvalue weighted by Gasteiger charge is 2.42. The maximum atomic E-state index is 14.5. The van der Waals surface area contributed by atoms with Crippen LogP contribution in [-0.4, -0.2) is 151 Å². The molecule has 5 rings (SSSR count). The third-order valence-corrected chi connectivity index (χ3v) is 25.6. The van der Waals surface area contributed by atoms with Crippen molar-refractivity contribution in [1.29, 1.82) is 0 Å². The number of unbranched alkanes of at least 4 members (excludes halogenated alkanes) is 2. The highest BCUT2D eigenvalue weighted by atomic mass is 28.4. The molecule has 2 saturated heterocycles. The van der Waals surface area contributed by atoms with E-state index in [1.807, 2.05) is 0 Å². The maximum absolute atomic E-state index is 14.5. The van der Waals surface area contributed by atoms with Crippen molar-refractivity contribution in [2.24, 2.45) is 11.7 Å². The molecule has 23 nitrogen and oxygen atoms in total. The number of benzene rings is 3. The molecule has 0 aromatic heterocycles. The van der Waals surface area contributed by atoms with Crippen LogP contribution in [0.5, 0.6) is 28.7 Å². The van der Waals surface area contributed by atoms with Crippen molar-refractivity contribution in [2.75, 3.05) is 63.9 Å². The Balaban J connectivity index is 1.22. The van der Waals surface area contributed by atoms with Gasteiger partial charge in [-0.1, -0.05) is 80.2 Å². The lowest BCUT2D eigenvalue weighted by atomic mass is 10.0. The van der Waals surface area contributed by atoms with Gasteiger partial charge in [0.05, 0.1) is 62.4 Å². The number of rotatable bonds is 29. The van der Waals surface area contributed by atoms with Crippen molar-refractivity contribution in [1.82, 2.24) is 20.4 Å². The van der Waals surface area contributed by atoms with Gasteiger partial charge in [0.1, 0.15) is 31.0 Å². The van der Waals surface area contributed by atoms with Crippen LogP contribution in [-0.2, 0) is 34.5 Å². The minimum atomic E-state index is -2.17. The van der Waals surface area contributed by atoms with E-state index in [1.165, 1.54) is 44.4 Å². The molecule has 486 valence electrons. The van der Waals surface area contributed by atoms with Gasteiger partial charge in [0.15, 0.2) is 39.6 Å². The zero-order valence-corrected chi connectivity index (χ0v) is 55.9. The summed E-state index contributed by atoms with van der Waals surface area (Å²) in [6, 6.07) is 9.72. The van der Waals surface area contributed by atoms with Gasteiger partial charge in [0.2, 0.25) is 11.8 Å². The summed E-state index contributed by atoms with van der Waals surface area (Å²) < 4.78 is 46.8. The lowest BCUT2D eigenvalue weighted by Gasteiger charge is -2.38. The Morgan fingerprint density at radius 1 is 0.693 bits per heavy atom. The van der Waals surface area contributed by atoms with Crippen molar-refractivity contribution in [3.8, 4) is 28.7 Å². The molecular weight excluding hydrogens is 1170 g/mol. The van der Waals surface area contributed by atoms with E-state index in [0.29, 0.717) is 63.2 Å². The summed E-state index contributed by atoms with van der Waals surface area (Å²) in [6.45, 7) is 31.9. The first-order valence-corrected chi connectivity index (χ1v) is 36.0. The fourth-order valence-electron chi connectivity index (χ4n) is 9.22. The summed E-state index contributed by atoms with van der Waals surface area (Å²) in [5, 5.41) is 21.9. The number of nitrogens with one attached hydrogen (secondary N) is 4. The summed E-state index contributed by atoms with van der Waals surface area (Å²) in [4.78, 5) is 96.1. The van der Waals surface area contributed by atoms with Crippen molar-refractivity contribution in [3.05, 3.63) is 77.9 Å². The number of ether oxygens (including phenoxy) is 6. The lowest BCUT2D eigenvalue weighted by molar-refractivity contribution is -0.128. The number of carbonyl (C=O) groups is 7. The van der Waals surface area contributed by atoms with Crippen molar-refractivity contribution < 1.29 is 75.9 Å². The van der Waals surface area contributed by atoms with Crippen molar-refractivity contribution >= 4 is 69.9 Å². The SMILES string of the molecule is C=CCOC(=O)N[C@H](C(=O)N[C@@H](C)C(=O)Nc1ccc(COC(=O)Nc2cc(OCCCCCOc3cc(OC(N)=O)c(C(=O)N4CCC[C@H]4CO[Si](C)(C)C(C)(C)C)cc3OC)c(O)cc2C(=O)N2CCC[C@H]2CO[Si](C)(C)C(C)(C)C)cc1)C(C)C. The average molecular weight is 1260 g/mol. The van der Waals surface area contributed by atoms with Crippen molar-refractivity contribution in [2.45, 2.75) is 174 Å². The molecule has 3 aromatic rings. The Bertz CT molecular complexity index is 2930. The fourth-order valence-corrected chi connectivity index (χ4v) is 11.3. The average Bonchev–Trinajstić information content (AvgIpc) is 3.72. The van der Waals surface area contributed by atoms with E-state index in [1.54, 1.807) is 47.9 Å².